The van der Waals surface area contributed by atoms with E-state index in [9.17, 15) is 25.3 Å². The topological polar surface area (TPSA) is 134 Å². The van der Waals surface area contributed by atoms with Gasteiger partial charge in [0.25, 0.3) is 11.2 Å². The maximum absolute atomic E-state index is 13.1. The molecule has 1 aromatic carbocycles. The molecule has 0 amide bonds. The Labute approximate surface area is 167 Å². The van der Waals surface area contributed by atoms with Gasteiger partial charge < -0.3 is 5.11 Å². The van der Waals surface area contributed by atoms with E-state index in [0.717, 1.165) is 32.1 Å². The molecule has 1 aromatic heterocycles. The molecule has 0 aliphatic heterocycles. The molecule has 0 spiro atoms. The van der Waals surface area contributed by atoms with E-state index in [-0.39, 0.29) is 34.4 Å². The van der Waals surface area contributed by atoms with Crippen molar-refractivity contribution in [2.24, 2.45) is 10.2 Å². The van der Waals surface area contributed by atoms with Crippen molar-refractivity contribution < 1.29 is 10.0 Å². The molecule has 0 radical (unpaired) electrons. The van der Waals surface area contributed by atoms with Gasteiger partial charge in [0.2, 0.25) is 5.88 Å². The van der Waals surface area contributed by atoms with Crippen LogP contribution in [0, 0.1) is 35.3 Å². The van der Waals surface area contributed by atoms with Crippen molar-refractivity contribution >= 4 is 17.1 Å². The average Bonchev–Trinajstić information content (AvgIpc) is 2.70. The smallest absolute Gasteiger partial charge is 0.281 e. The van der Waals surface area contributed by atoms with E-state index in [1.54, 1.807) is 13.8 Å². The maximum atomic E-state index is 13.1. The van der Waals surface area contributed by atoms with E-state index in [4.69, 9.17) is 0 Å². The van der Waals surface area contributed by atoms with Gasteiger partial charge in [0.05, 0.1) is 10.6 Å². The molecule has 0 bridgehead atoms. The Morgan fingerprint density at radius 2 is 1.93 bits per heavy atom. The largest absolute Gasteiger partial charge is 0.493 e. The number of nitriles is 1. The quantitative estimate of drug-likeness (QED) is 0.448. The van der Waals surface area contributed by atoms with Crippen molar-refractivity contribution in [2.75, 3.05) is 0 Å². The minimum atomic E-state index is -0.500. The number of aromatic hydroxyl groups is 1. The Kier molecular flexibility index (Phi) is 5.73. The first kappa shape index (κ1) is 20.2. The van der Waals surface area contributed by atoms with Gasteiger partial charge in [0.1, 0.15) is 11.6 Å². The molecule has 0 atom stereocenters. The first-order valence-electron chi connectivity index (χ1n) is 9.40. The van der Waals surface area contributed by atoms with Crippen LogP contribution in [-0.2, 0) is 0 Å². The number of benzene rings is 1. The summed E-state index contributed by atoms with van der Waals surface area (Å²) in [6.45, 7) is 3.20. The molecule has 1 heterocycles. The molecule has 1 aliphatic carbocycles. The van der Waals surface area contributed by atoms with Gasteiger partial charge in [-0.25, -0.2) is 0 Å². The fourth-order valence-electron chi connectivity index (χ4n) is 3.68. The number of nitrogens with zero attached hydrogens (tertiary/aromatic N) is 5. The number of hydrogen-bond acceptors (Lipinski definition) is 7. The van der Waals surface area contributed by atoms with Gasteiger partial charge in [-0.05, 0) is 38.3 Å². The number of nitro benzene ring substituents is 1. The van der Waals surface area contributed by atoms with Crippen LogP contribution in [0.5, 0.6) is 5.88 Å². The highest BCUT2D eigenvalue weighted by Crippen LogP contribution is 2.34. The van der Waals surface area contributed by atoms with Crippen molar-refractivity contribution in [1.29, 1.82) is 5.26 Å². The molecule has 1 saturated carbocycles. The summed E-state index contributed by atoms with van der Waals surface area (Å²) in [4.78, 5) is 23.5. The summed E-state index contributed by atoms with van der Waals surface area (Å²) in [5.41, 5.74) is 0.609. The van der Waals surface area contributed by atoms with Gasteiger partial charge in [-0.2, -0.15) is 10.4 Å². The fraction of sp³-hybridized carbons (Fsp3) is 0.400. The van der Waals surface area contributed by atoms with Crippen molar-refractivity contribution in [2.45, 2.75) is 52.0 Å². The standard InChI is InChI=1S/C20H21N5O4/c1-12-10-15(25(28)29)8-9-17(12)22-23-18-13(2)16(11-21)19(26)24(20(18)27)14-6-4-3-5-7-14/h8-10,14,26H,3-7H2,1-2H3. The maximum Gasteiger partial charge on any atom is 0.281 e. The van der Waals surface area contributed by atoms with Crippen LogP contribution in [0.2, 0.25) is 0 Å². The average molecular weight is 395 g/mol. The second kappa shape index (κ2) is 8.22. The first-order valence-corrected chi connectivity index (χ1v) is 9.40. The third kappa shape index (κ3) is 3.87. The minimum Gasteiger partial charge on any atom is -0.493 e. The normalized spacial score (nSPS) is 14.8. The predicted octanol–water partition coefficient (Wildman–Crippen LogP) is 4.87. The number of non-ortho nitro benzene ring substituents is 1. The summed E-state index contributed by atoms with van der Waals surface area (Å²) in [6.07, 6.45) is 4.48. The first-order chi connectivity index (χ1) is 13.8. The van der Waals surface area contributed by atoms with E-state index < -0.39 is 10.5 Å². The lowest BCUT2D eigenvalue weighted by Crippen LogP contribution is -2.27. The fourth-order valence-corrected chi connectivity index (χ4v) is 3.68. The van der Waals surface area contributed by atoms with Gasteiger partial charge in [-0.15, -0.1) is 5.11 Å². The molecule has 3 rings (SSSR count). The number of aromatic nitrogens is 1. The number of aryl methyl sites for hydroxylation is 1. The molecule has 150 valence electrons. The van der Waals surface area contributed by atoms with Gasteiger partial charge >= 0.3 is 0 Å². The van der Waals surface area contributed by atoms with Crippen LogP contribution in [0.1, 0.15) is 54.8 Å². The van der Waals surface area contributed by atoms with E-state index >= 15 is 0 Å². The molecule has 2 aromatic rings. The Balaban J connectivity index is 2.10. The van der Waals surface area contributed by atoms with Crippen LogP contribution in [0.3, 0.4) is 0 Å². The molecule has 9 heteroatoms. The Morgan fingerprint density at radius 3 is 2.52 bits per heavy atom. The lowest BCUT2D eigenvalue weighted by atomic mass is 9.94. The monoisotopic (exact) mass is 395 g/mol. The number of rotatable bonds is 4. The molecular formula is C20H21N5O4. The highest BCUT2D eigenvalue weighted by molar-refractivity contribution is 5.57. The third-order valence-corrected chi connectivity index (χ3v) is 5.30. The number of hydrogen-bond donors (Lipinski definition) is 1. The van der Waals surface area contributed by atoms with E-state index in [1.807, 2.05) is 6.07 Å². The van der Waals surface area contributed by atoms with E-state index in [1.165, 1.54) is 22.8 Å². The molecule has 0 saturated heterocycles. The van der Waals surface area contributed by atoms with Crippen LogP contribution in [0.4, 0.5) is 17.1 Å². The summed E-state index contributed by atoms with van der Waals surface area (Å²) >= 11 is 0. The zero-order valence-corrected chi connectivity index (χ0v) is 16.3. The van der Waals surface area contributed by atoms with Crippen molar-refractivity contribution in [3.8, 4) is 11.9 Å². The highest BCUT2D eigenvalue weighted by atomic mass is 16.6. The van der Waals surface area contributed by atoms with Gasteiger partial charge in [-0.1, -0.05) is 19.3 Å². The van der Waals surface area contributed by atoms with Crippen molar-refractivity contribution in [3.63, 3.8) is 0 Å². The second-order valence-corrected chi connectivity index (χ2v) is 7.18. The zero-order chi connectivity index (χ0) is 21.1. The van der Waals surface area contributed by atoms with Crippen LogP contribution in [0.15, 0.2) is 33.2 Å². The zero-order valence-electron chi connectivity index (χ0n) is 16.3. The third-order valence-electron chi connectivity index (χ3n) is 5.30. The van der Waals surface area contributed by atoms with Crippen molar-refractivity contribution in [3.05, 3.63) is 55.4 Å². The van der Waals surface area contributed by atoms with Crippen LogP contribution >= 0.6 is 0 Å². The lowest BCUT2D eigenvalue weighted by molar-refractivity contribution is -0.384. The molecule has 9 nitrogen and oxygen atoms in total. The lowest BCUT2D eigenvalue weighted by Gasteiger charge is -2.25. The number of pyridine rings is 1. The molecule has 29 heavy (non-hydrogen) atoms. The Morgan fingerprint density at radius 1 is 1.24 bits per heavy atom. The van der Waals surface area contributed by atoms with E-state index in [2.05, 4.69) is 10.2 Å². The molecule has 1 N–H and O–H groups in total. The summed E-state index contributed by atoms with van der Waals surface area (Å²) in [5.74, 6) is -0.327. The molecule has 1 aliphatic rings. The molecular weight excluding hydrogens is 374 g/mol. The van der Waals surface area contributed by atoms with Gasteiger partial charge in [-0.3, -0.25) is 19.5 Å². The highest BCUT2D eigenvalue weighted by Gasteiger charge is 2.25. The van der Waals surface area contributed by atoms with E-state index in [0.29, 0.717) is 11.3 Å². The summed E-state index contributed by atoms with van der Waals surface area (Å²) < 4.78 is 1.27. The van der Waals surface area contributed by atoms with Gasteiger partial charge in [0.15, 0.2) is 5.69 Å². The SMILES string of the molecule is Cc1cc([N+](=O)[O-])ccc1N=Nc1c(C)c(C#N)c(O)n(C2CCCCC2)c1=O. The number of nitro groups is 1. The predicted molar refractivity (Wildman–Crippen MR) is 106 cm³/mol. The van der Waals surface area contributed by atoms with Crippen molar-refractivity contribution in [1.82, 2.24) is 4.57 Å². The Bertz CT molecular complexity index is 1090. The molecule has 1 fully saturated rings. The second-order valence-electron chi connectivity index (χ2n) is 7.18. The summed E-state index contributed by atoms with van der Waals surface area (Å²) in [6, 6.07) is 5.91. The summed E-state index contributed by atoms with van der Waals surface area (Å²) in [7, 11) is 0. The molecule has 0 unspecified atom stereocenters. The van der Waals surface area contributed by atoms with Crippen LogP contribution < -0.4 is 5.56 Å². The number of azo groups is 1. The summed E-state index contributed by atoms with van der Waals surface area (Å²) in [5, 5.41) is 39.1. The minimum absolute atomic E-state index is 0.00421. The van der Waals surface area contributed by atoms with Crippen LogP contribution in [0.25, 0.3) is 0 Å². The van der Waals surface area contributed by atoms with Gasteiger partial charge in [0, 0.05) is 23.7 Å². The van der Waals surface area contributed by atoms with Crippen LogP contribution in [-0.4, -0.2) is 14.6 Å². The Hall–Kier alpha value is -3.54.